The topological polar surface area (TPSA) is 104 Å². The number of likely N-dealkylation sites (N-methyl/N-ethyl adjacent to an activating group) is 1. The third kappa shape index (κ3) is 3.56. The van der Waals surface area contributed by atoms with Gasteiger partial charge < -0.3 is 10.0 Å². The van der Waals surface area contributed by atoms with E-state index in [4.69, 9.17) is 5.11 Å². The lowest BCUT2D eigenvalue weighted by atomic mass is 10.0. The summed E-state index contributed by atoms with van der Waals surface area (Å²) in [7, 11) is -2.42. The fraction of sp³-hybridized carbons (Fsp3) is 0.455. The molecule has 0 radical (unpaired) electrons. The van der Waals surface area contributed by atoms with Gasteiger partial charge in [0.15, 0.2) is 0 Å². The Labute approximate surface area is 121 Å². The Morgan fingerprint density at radius 1 is 1.45 bits per heavy atom. The van der Waals surface area contributed by atoms with Crippen molar-refractivity contribution in [2.45, 2.75) is 23.6 Å². The van der Waals surface area contributed by atoms with Gasteiger partial charge in [-0.05, 0) is 25.3 Å². The van der Waals surface area contributed by atoms with Crippen LogP contribution in [0.15, 0.2) is 21.7 Å². The zero-order valence-corrected chi connectivity index (χ0v) is 12.9. The molecule has 1 aromatic heterocycles. The fourth-order valence-electron chi connectivity index (χ4n) is 1.22. The molecule has 0 aromatic carbocycles. The van der Waals surface area contributed by atoms with Crippen LogP contribution in [0.5, 0.6) is 0 Å². The van der Waals surface area contributed by atoms with Gasteiger partial charge in [-0.3, -0.25) is 4.79 Å². The molecule has 0 fully saturated rings. The Kier molecular flexibility index (Phi) is 4.90. The van der Waals surface area contributed by atoms with Gasteiger partial charge in [0, 0.05) is 7.05 Å². The summed E-state index contributed by atoms with van der Waals surface area (Å²) >= 11 is 1.03. The van der Waals surface area contributed by atoms with Gasteiger partial charge >= 0.3 is 5.97 Å². The highest BCUT2D eigenvalue weighted by Crippen LogP contribution is 2.16. The minimum absolute atomic E-state index is 0.102. The second-order valence-electron chi connectivity index (χ2n) is 4.57. The molecule has 0 bridgehead atoms. The van der Waals surface area contributed by atoms with Crippen molar-refractivity contribution < 1.29 is 23.1 Å². The predicted molar refractivity (Wildman–Crippen MR) is 74.0 cm³/mol. The Bertz CT molecular complexity index is 592. The quantitative estimate of drug-likeness (QED) is 0.787. The number of amides is 1. The van der Waals surface area contributed by atoms with E-state index in [0.29, 0.717) is 0 Å². The molecule has 1 heterocycles. The number of hydrogen-bond acceptors (Lipinski definition) is 5. The van der Waals surface area contributed by atoms with Crippen molar-refractivity contribution in [3.8, 4) is 0 Å². The molecule has 1 aromatic rings. The molecule has 0 saturated carbocycles. The van der Waals surface area contributed by atoms with Crippen LogP contribution in [0.1, 0.15) is 13.8 Å². The van der Waals surface area contributed by atoms with E-state index in [1.165, 1.54) is 27.0 Å². The number of thiophene rings is 1. The van der Waals surface area contributed by atoms with Crippen LogP contribution in [0.25, 0.3) is 0 Å². The minimum atomic E-state index is -3.74. The molecule has 0 aliphatic carbocycles. The van der Waals surface area contributed by atoms with Crippen molar-refractivity contribution in [2.75, 3.05) is 13.6 Å². The first kappa shape index (κ1) is 16.6. The molecule has 0 aliphatic rings. The van der Waals surface area contributed by atoms with E-state index in [9.17, 15) is 18.0 Å². The number of sulfonamides is 1. The number of nitrogens with zero attached hydrogens (tertiary/aromatic N) is 1. The van der Waals surface area contributed by atoms with E-state index >= 15 is 0 Å². The van der Waals surface area contributed by atoms with Crippen molar-refractivity contribution in [1.82, 2.24) is 9.62 Å². The molecule has 0 unspecified atom stereocenters. The van der Waals surface area contributed by atoms with Crippen molar-refractivity contribution in [3.05, 3.63) is 17.5 Å². The van der Waals surface area contributed by atoms with Crippen LogP contribution in [-0.4, -0.2) is 49.4 Å². The van der Waals surface area contributed by atoms with E-state index in [1.54, 1.807) is 11.4 Å². The average Bonchev–Trinajstić information content (AvgIpc) is 2.89. The van der Waals surface area contributed by atoms with Crippen LogP contribution in [0.2, 0.25) is 0 Å². The van der Waals surface area contributed by atoms with E-state index in [0.717, 1.165) is 16.2 Å². The number of carboxylic acids is 1. The fourth-order valence-corrected chi connectivity index (χ4v) is 3.23. The molecule has 0 aliphatic heterocycles. The molecule has 1 rings (SSSR count). The first-order valence-electron chi connectivity index (χ1n) is 5.62. The smallest absolute Gasteiger partial charge is 0.329 e. The highest BCUT2D eigenvalue weighted by atomic mass is 32.2. The normalized spacial score (nSPS) is 12.2. The number of carboxylic acid groups (broad SMARTS) is 1. The summed E-state index contributed by atoms with van der Waals surface area (Å²) in [6.07, 6.45) is 0. The molecule has 1 amide bonds. The second kappa shape index (κ2) is 5.90. The molecule has 0 atom stereocenters. The Balaban J connectivity index is 2.72. The second-order valence-corrected chi connectivity index (χ2v) is 7.52. The molecule has 7 nitrogen and oxygen atoms in total. The van der Waals surface area contributed by atoms with E-state index in [2.05, 4.69) is 4.72 Å². The Hall–Kier alpha value is -1.45. The predicted octanol–water partition coefficient (Wildman–Crippen LogP) is 0.348. The van der Waals surface area contributed by atoms with Gasteiger partial charge in [0.2, 0.25) is 5.91 Å². The third-order valence-electron chi connectivity index (χ3n) is 2.91. The van der Waals surface area contributed by atoms with Crippen LogP contribution in [0.3, 0.4) is 0 Å². The van der Waals surface area contributed by atoms with Crippen LogP contribution in [0, 0.1) is 0 Å². The Morgan fingerprint density at radius 2 is 2.05 bits per heavy atom. The summed E-state index contributed by atoms with van der Waals surface area (Å²) in [5.41, 5.74) is -1.41. The molecule has 112 valence electrons. The number of rotatable bonds is 6. The maximum atomic E-state index is 11.8. The summed E-state index contributed by atoms with van der Waals surface area (Å²) in [6.45, 7) is 2.23. The standard InChI is InChI=1S/C11H16N2O5S2/c1-11(2,10(15)16)13(3)8(14)7-12-20(17,18)9-5-4-6-19-9/h4-6,12H,7H2,1-3H3,(H,15,16). The number of nitrogens with one attached hydrogen (secondary N) is 1. The summed E-state index contributed by atoms with van der Waals surface area (Å²) < 4.78 is 25.9. The van der Waals surface area contributed by atoms with Crippen molar-refractivity contribution in [2.24, 2.45) is 0 Å². The van der Waals surface area contributed by atoms with Gasteiger partial charge in [-0.2, -0.15) is 0 Å². The zero-order valence-electron chi connectivity index (χ0n) is 11.3. The van der Waals surface area contributed by atoms with Crippen LogP contribution < -0.4 is 4.72 Å². The lowest BCUT2D eigenvalue weighted by Gasteiger charge is -2.31. The molecular weight excluding hydrogens is 304 g/mol. The number of aliphatic carboxylic acids is 1. The zero-order chi connectivity index (χ0) is 15.6. The molecule has 9 heteroatoms. The molecular formula is C11H16N2O5S2. The number of carbonyl (C=O) groups excluding carboxylic acids is 1. The molecule has 20 heavy (non-hydrogen) atoms. The maximum absolute atomic E-state index is 11.8. The van der Waals surface area contributed by atoms with Crippen LogP contribution in [0.4, 0.5) is 0 Å². The van der Waals surface area contributed by atoms with Crippen molar-refractivity contribution in [1.29, 1.82) is 0 Å². The third-order valence-corrected chi connectivity index (χ3v) is 5.71. The van der Waals surface area contributed by atoms with Gasteiger partial charge in [-0.15, -0.1) is 11.3 Å². The summed E-state index contributed by atoms with van der Waals surface area (Å²) in [5.74, 6) is -1.80. The molecule has 0 saturated heterocycles. The lowest BCUT2D eigenvalue weighted by Crippen LogP contribution is -2.53. The summed E-state index contributed by atoms with van der Waals surface area (Å²) in [4.78, 5) is 23.9. The first-order chi connectivity index (χ1) is 9.09. The minimum Gasteiger partial charge on any atom is -0.480 e. The molecule has 2 N–H and O–H groups in total. The summed E-state index contributed by atoms with van der Waals surface area (Å²) in [5, 5.41) is 10.6. The van der Waals surface area contributed by atoms with Crippen molar-refractivity contribution >= 4 is 33.2 Å². The van der Waals surface area contributed by atoms with E-state index in [-0.39, 0.29) is 4.21 Å². The van der Waals surface area contributed by atoms with Crippen molar-refractivity contribution in [3.63, 3.8) is 0 Å². The van der Waals surface area contributed by atoms with Gasteiger partial charge in [0.05, 0.1) is 6.54 Å². The van der Waals surface area contributed by atoms with Gasteiger partial charge in [-0.25, -0.2) is 17.9 Å². The number of carbonyl (C=O) groups is 2. The van der Waals surface area contributed by atoms with Gasteiger partial charge in [-0.1, -0.05) is 6.07 Å². The SMILES string of the molecule is CN(C(=O)CNS(=O)(=O)c1cccs1)C(C)(C)C(=O)O. The van der Waals surface area contributed by atoms with E-state index in [1.807, 2.05) is 0 Å². The van der Waals surface area contributed by atoms with Crippen LogP contribution in [-0.2, 0) is 19.6 Å². The van der Waals surface area contributed by atoms with Crippen LogP contribution >= 0.6 is 11.3 Å². The maximum Gasteiger partial charge on any atom is 0.329 e. The monoisotopic (exact) mass is 320 g/mol. The van der Waals surface area contributed by atoms with Gasteiger partial charge in [0.1, 0.15) is 9.75 Å². The first-order valence-corrected chi connectivity index (χ1v) is 7.98. The summed E-state index contributed by atoms with van der Waals surface area (Å²) in [6, 6.07) is 3.00. The van der Waals surface area contributed by atoms with Gasteiger partial charge in [0.25, 0.3) is 10.0 Å². The molecule has 0 spiro atoms. The number of hydrogen-bond donors (Lipinski definition) is 2. The highest BCUT2D eigenvalue weighted by Gasteiger charge is 2.35. The highest BCUT2D eigenvalue weighted by molar-refractivity contribution is 7.91. The average molecular weight is 320 g/mol. The Morgan fingerprint density at radius 3 is 2.50 bits per heavy atom. The van der Waals surface area contributed by atoms with E-state index < -0.39 is 34.0 Å². The largest absolute Gasteiger partial charge is 0.480 e. The lowest BCUT2D eigenvalue weighted by molar-refractivity contribution is -0.154.